The van der Waals surface area contributed by atoms with Gasteiger partial charge in [-0.3, -0.25) is 4.79 Å². The number of hydrogen-bond donors (Lipinski definition) is 1. The van der Waals surface area contributed by atoms with E-state index in [4.69, 9.17) is 4.52 Å². The Kier molecular flexibility index (Phi) is 2.75. The van der Waals surface area contributed by atoms with E-state index in [1.807, 2.05) is 0 Å². The molecule has 1 aromatic rings. The maximum absolute atomic E-state index is 11.8. The number of rotatable bonds is 2. The highest BCUT2D eigenvalue weighted by Crippen LogP contribution is 2.24. The fraction of sp³-hybridized carbons (Fsp3) is 0.636. The van der Waals surface area contributed by atoms with Gasteiger partial charge in [0.2, 0.25) is 0 Å². The summed E-state index contributed by atoms with van der Waals surface area (Å²) < 4.78 is 4.86. The minimum atomic E-state index is -0.0622. The lowest BCUT2D eigenvalue weighted by Gasteiger charge is -2.11. The average molecular weight is 208 g/mol. The molecule has 82 valence electrons. The molecule has 2 atom stereocenters. The summed E-state index contributed by atoms with van der Waals surface area (Å²) >= 11 is 0. The van der Waals surface area contributed by atoms with Gasteiger partial charge >= 0.3 is 0 Å². The van der Waals surface area contributed by atoms with E-state index in [2.05, 4.69) is 17.4 Å². The van der Waals surface area contributed by atoms with E-state index in [0.717, 1.165) is 18.8 Å². The number of hydrogen-bond acceptors (Lipinski definition) is 3. The van der Waals surface area contributed by atoms with Crippen molar-refractivity contribution in [3.8, 4) is 0 Å². The lowest BCUT2D eigenvalue weighted by molar-refractivity contribution is 0.0936. The number of aryl methyl sites for hydroxylation is 1. The smallest absolute Gasteiger partial charge is 0.256 e. The Hall–Kier alpha value is -1.32. The van der Waals surface area contributed by atoms with E-state index in [1.54, 1.807) is 6.92 Å². The fourth-order valence-corrected chi connectivity index (χ4v) is 2.12. The highest BCUT2D eigenvalue weighted by molar-refractivity contribution is 5.94. The second-order valence-corrected chi connectivity index (χ2v) is 4.38. The van der Waals surface area contributed by atoms with Gasteiger partial charge in [0.1, 0.15) is 11.3 Å². The van der Waals surface area contributed by atoms with Crippen molar-refractivity contribution in [2.24, 2.45) is 5.92 Å². The molecule has 1 amide bonds. The summed E-state index contributed by atoms with van der Waals surface area (Å²) in [6, 6.07) is 0.321. The molecule has 1 aromatic heterocycles. The lowest BCUT2D eigenvalue weighted by atomic mass is 10.1. The number of nitrogens with zero attached hydrogens (tertiary/aromatic N) is 1. The normalized spacial score (nSPS) is 25.5. The number of nitrogens with one attached hydrogen (secondary N) is 1. The van der Waals surface area contributed by atoms with Crippen molar-refractivity contribution in [3.63, 3.8) is 0 Å². The zero-order valence-electron chi connectivity index (χ0n) is 9.12. The molecule has 0 radical (unpaired) electrons. The van der Waals surface area contributed by atoms with Crippen LogP contribution in [0.1, 0.15) is 42.3 Å². The van der Waals surface area contributed by atoms with E-state index in [9.17, 15) is 4.79 Å². The third-order valence-corrected chi connectivity index (χ3v) is 3.03. The van der Waals surface area contributed by atoms with Crippen molar-refractivity contribution in [2.75, 3.05) is 0 Å². The number of aromatic nitrogens is 1. The zero-order chi connectivity index (χ0) is 10.8. The average Bonchev–Trinajstić information content (AvgIpc) is 2.75. The van der Waals surface area contributed by atoms with Gasteiger partial charge in [-0.2, -0.15) is 0 Å². The topological polar surface area (TPSA) is 55.1 Å². The highest BCUT2D eigenvalue weighted by Gasteiger charge is 2.24. The second-order valence-electron chi connectivity index (χ2n) is 4.38. The van der Waals surface area contributed by atoms with Gasteiger partial charge in [-0.05, 0) is 32.1 Å². The second kappa shape index (κ2) is 4.04. The molecule has 4 nitrogen and oxygen atoms in total. The first-order valence-corrected chi connectivity index (χ1v) is 5.39. The Morgan fingerprint density at radius 2 is 2.40 bits per heavy atom. The molecule has 0 bridgehead atoms. The minimum Gasteiger partial charge on any atom is -0.361 e. The molecular formula is C11H16N2O2. The maximum atomic E-state index is 11.8. The van der Waals surface area contributed by atoms with Crippen LogP contribution in [-0.2, 0) is 0 Å². The third-order valence-electron chi connectivity index (χ3n) is 3.03. The molecule has 1 saturated carbocycles. The molecule has 1 N–H and O–H groups in total. The molecule has 1 fully saturated rings. The Balaban J connectivity index is 1.96. The van der Waals surface area contributed by atoms with Gasteiger partial charge in [-0.1, -0.05) is 12.1 Å². The quantitative estimate of drug-likeness (QED) is 0.807. The molecule has 0 spiro atoms. The summed E-state index contributed by atoms with van der Waals surface area (Å²) in [6.07, 6.45) is 4.84. The minimum absolute atomic E-state index is 0.0622. The first-order valence-electron chi connectivity index (χ1n) is 5.39. The summed E-state index contributed by atoms with van der Waals surface area (Å²) in [5, 5.41) is 6.61. The summed E-state index contributed by atoms with van der Waals surface area (Å²) in [5.74, 6) is 1.24. The molecule has 0 saturated heterocycles. The van der Waals surface area contributed by atoms with Gasteiger partial charge in [0, 0.05) is 6.04 Å². The summed E-state index contributed by atoms with van der Waals surface area (Å²) in [5.41, 5.74) is 0.551. The van der Waals surface area contributed by atoms with Crippen LogP contribution in [0, 0.1) is 12.8 Å². The zero-order valence-corrected chi connectivity index (χ0v) is 9.12. The maximum Gasteiger partial charge on any atom is 0.256 e. The van der Waals surface area contributed by atoms with Crippen LogP contribution in [0.3, 0.4) is 0 Å². The molecular weight excluding hydrogens is 192 g/mol. The van der Waals surface area contributed by atoms with Gasteiger partial charge < -0.3 is 9.84 Å². The van der Waals surface area contributed by atoms with Crippen molar-refractivity contribution in [1.29, 1.82) is 0 Å². The summed E-state index contributed by atoms with van der Waals surface area (Å²) in [4.78, 5) is 11.8. The van der Waals surface area contributed by atoms with Crippen molar-refractivity contribution < 1.29 is 9.32 Å². The van der Waals surface area contributed by atoms with E-state index >= 15 is 0 Å². The van der Waals surface area contributed by atoms with Gasteiger partial charge in [-0.15, -0.1) is 0 Å². The van der Waals surface area contributed by atoms with Crippen molar-refractivity contribution in [3.05, 3.63) is 17.5 Å². The van der Waals surface area contributed by atoms with Gasteiger partial charge in [0.05, 0.1) is 6.20 Å². The van der Waals surface area contributed by atoms with Crippen LogP contribution in [0.15, 0.2) is 10.7 Å². The molecule has 15 heavy (non-hydrogen) atoms. The van der Waals surface area contributed by atoms with Crippen LogP contribution >= 0.6 is 0 Å². The van der Waals surface area contributed by atoms with Gasteiger partial charge in [0.15, 0.2) is 0 Å². The first kappa shape index (κ1) is 10.2. The molecule has 4 heteroatoms. The van der Waals surface area contributed by atoms with Crippen molar-refractivity contribution >= 4 is 5.91 Å². The lowest BCUT2D eigenvalue weighted by Crippen LogP contribution is -2.32. The Bertz CT molecular complexity index is 359. The van der Waals surface area contributed by atoms with Crippen LogP contribution in [-0.4, -0.2) is 17.1 Å². The van der Waals surface area contributed by atoms with E-state index in [-0.39, 0.29) is 5.91 Å². The third kappa shape index (κ3) is 2.19. The standard InChI is InChI=1S/C11H16N2O2/c1-7-3-4-9(5-7)13-11(14)10-6-12-15-8(10)2/h6-7,9H,3-5H2,1-2H3,(H,13,14). The molecule has 2 unspecified atom stereocenters. The van der Waals surface area contributed by atoms with Gasteiger partial charge in [0.25, 0.3) is 5.91 Å². The predicted octanol–water partition coefficient (Wildman–Crippen LogP) is 1.90. The number of carbonyl (C=O) groups is 1. The molecule has 0 aromatic carbocycles. The Morgan fingerprint density at radius 3 is 2.93 bits per heavy atom. The van der Waals surface area contributed by atoms with Crippen molar-refractivity contribution in [2.45, 2.75) is 39.2 Å². The summed E-state index contributed by atoms with van der Waals surface area (Å²) in [7, 11) is 0. The number of amides is 1. The number of carbonyl (C=O) groups excluding carboxylic acids is 1. The van der Waals surface area contributed by atoms with Gasteiger partial charge in [-0.25, -0.2) is 0 Å². The first-order chi connectivity index (χ1) is 7.16. The largest absolute Gasteiger partial charge is 0.361 e. The van der Waals surface area contributed by atoms with Crippen molar-refractivity contribution in [1.82, 2.24) is 10.5 Å². The van der Waals surface area contributed by atoms with Crippen LogP contribution in [0.2, 0.25) is 0 Å². The SMILES string of the molecule is Cc1oncc1C(=O)NC1CCC(C)C1. The molecule has 1 aliphatic rings. The Morgan fingerprint density at radius 1 is 1.60 bits per heavy atom. The van der Waals surface area contributed by atoms with Crippen LogP contribution in [0.25, 0.3) is 0 Å². The highest BCUT2D eigenvalue weighted by atomic mass is 16.5. The monoisotopic (exact) mass is 208 g/mol. The molecule has 2 rings (SSSR count). The molecule has 0 aliphatic heterocycles. The van der Waals surface area contributed by atoms with E-state index in [0.29, 0.717) is 17.4 Å². The Labute approximate surface area is 89.0 Å². The fourth-order valence-electron chi connectivity index (χ4n) is 2.12. The summed E-state index contributed by atoms with van der Waals surface area (Å²) in [6.45, 7) is 3.97. The molecule has 1 aliphatic carbocycles. The van der Waals surface area contributed by atoms with E-state index in [1.165, 1.54) is 12.6 Å². The van der Waals surface area contributed by atoms with Crippen LogP contribution < -0.4 is 5.32 Å². The predicted molar refractivity (Wildman–Crippen MR) is 55.5 cm³/mol. The van der Waals surface area contributed by atoms with Crippen LogP contribution in [0.4, 0.5) is 0 Å². The van der Waals surface area contributed by atoms with E-state index < -0.39 is 0 Å². The molecule has 1 heterocycles. The van der Waals surface area contributed by atoms with Crippen LogP contribution in [0.5, 0.6) is 0 Å².